The van der Waals surface area contributed by atoms with E-state index in [1.165, 1.54) is 0 Å². The van der Waals surface area contributed by atoms with Gasteiger partial charge in [-0.15, -0.1) is 0 Å². The molecule has 0 saturated heterocycles. The molecular weight excluding hydrogens is 190 g/mol. The summed E-state index contributed by atoms with van der Waals surface area (Å²) in [6, 6.07) is 5.69. The summed E-state index contributed by atoms with van der Waals surface area (Å²) < 4.78 is 0. The van der Waals surface area contributed by atoms with E-state index in [2.05, 4.69) is 10.3 Å². The lowest BCUT2D eigenvalue weighted by Crippen LogP contribution is -2.25. The van der Waals surface area contributed by atoms with Gasteiger partial charge in [0.05, 0.1) is 18.2 Å². The third-order valence-corrected chi connectivity index (χ3v) is 2.25. The minimum Gasteiger partial charge on any atom is -0.349 e. The molecule has 2 rings (SSSR count). The summed E-state index contributed by atoms with van der Waals surface area (Å²) in [4.78, 5) is 15.6. The Hall–Kier alpha value is -1.89. The van der Waals surface area contributed by atoms with Crippen LogP contribution < -0.4 is 5.32 Å². The van der Waals surface area contributed by atoms with Gasteiger partial charge in [-0.3, -0.25) is 9.78 Å². The highest BCUT2D eigenvalue weighted by atomic mass is 16.1. The van der Waals surface area contributed by atoms with Gasteiger partial charge >= 0.3 is 0 Å². The Morgan fingerprint density at radius 3 is 3.13 bits per heavy atom. The highest BCUT2D eigenvalue weighted by Gasteiger charge is 2.23. The Bertz CT molecular complexity index is 418. The number of carbonyl (C=O) groups is 1. The number of nitrogens with zero attached hydrogens (tertiary/aromatic N) is 2. The first-order valence-corrected chi connectivity index (χ1v) is 4.92. The maximum absolute atomic E-state index is 11.6. The van der Waals surface area contributed by atoms with Crippen LogP contribution in [0.15, 0.2) is 18.3 Å². The van der Waals surface area contributed by atoms with Gasteiger partial charge in [-0.25, -0.2) is 0 Å². The van der Waals surface area contributed by atoms with Crippen LogP contribution >= 0.6 is 0 Å². The van der Waals surface area contributed by atoms with Gasteiger partial charge in [-0.1, -0.05) is 0 Å². The smallest absolute Gasteiger partial charge is 0.251 e. The van der Waals surface area contributed by atoms with E-state index < -0.39 is 0 Å². The third kappa shape index (κ3) is 2.53. The molecule has 0 aliphatic heterocycles. The number of carbonyl (C=O) groups excluding carboxylic acids is 1. The van der Waals surface area contributed by atoms with Gasteiger partial charge in [0.1, 0.15) is 0 Å². The molecule has 4 nitrogen and oxygen atoms in total. The van der Waals surface area contributed by atoms with Crippen molar-refractivity contribution in [3.8, 4) is 6.07 Å². The molecule has 1 saturated carbocycles. The van der Waals surface area contributed by atoms with Crippen LogP contribution in [0.1, 0.15) is 28.9 Å². The molecule has 76 valence electrons. The minimum atomic E-state index is -0.0703. The topological polar surface area (TPSA) is 65.8 Å². The zero-order valence-electron chi connectivity index (χ0n) is 8.23. The summed E-state index contributed by atoms with van der Waals surface area (Å²) in [5, 5.41) is 11.4. The molecule has 1 aromatic heterocycles. The van der Waals surface area contributed by atoms with Crippen LogP contribution in [-0.4, -0.2) is 16.9 Å². The van der Waals surface area contributed by atoms with Crippen LogP contribution in [-0.2, 0) is 6.42 Å². The Labute approximate surface area is 87.9 Å². The molecule has 1 aromatic rings. The van der Waals surface area contributed by atoms with Crippen molar-refractivity contribution in [1.82, 2.24) is 10.3 Å². The number of nitriles is 1. The SMILES string of the molecule is N#CCc1cc(C(=O)NC2CC2)ccn1. The number of hydrogen-bond donors (Lipinski definition) is 1. The van der Waals surface area contributed by atoms with Crippen molar-refractivity contribution in [3.05, 3.63) is 29.6 Å². The van der Waals surface area contributed by atoms with Crippen molar-refractivity contribution in [2.75, 3.05) is 0 Å². The molecule has 1 N–H and O–H groups in total. The quantitative estimate of drug-likeness (QED) is 0.794. The van der Waals surface area contributed by atoms with Gasteiger partial charge in [0.2, 0.25) is 0 Å². The maximum Gasteiger partial charge on any atom is 0.251 e. The van der Waals surface area contributed by atoms with Crippen molar-refractivity contribution >= 4 is 5.91 Å². The van der Waals surface area contributed by atoms with Gasteiger partial charge in [0.25, 0.3) is 5.91 Å². The summed E-state index contributed by atoms with van der Waals surface area (Å²) >= 11 is 0. The Morgan fingerprint density at radius 2 is 2.47 bits per heavy atom. The van der Waals surface area contributed by atoms with Gasteiger partial charge in [-0.2, -0.15) is 5.26 Å². The summed E-state index contributed by atoms with van der Waals surface area (Å²) in [5.74, 6) is -0.0703. The van der Waals surface area contributed by atoms with Gasteiger partial charge in [-0.05, 0) is 25.0 Å². The second kappa shape index (κ2) is 4.09. The number of nitrogens with one attached hydrogen (secondary N) is 1. The standard InChI is InChI=1S/C11H11N3O/c12-5-3-10-7-8(4-6-13-10)11(15)14-9-1-2-9/h4,6-7,9H,1-3H2,(H,14,15). The van der Waals surface area contributed by atoms with Crippen LogP contribution in [0.25, 0.3) is 0 Å². The van der Waals surface area contributed by atoms with E-state index in [0.717, 1.165) is 12.8 Å². The largest absolute Gasteiger partial charge is 0.349 e. The molecule has 0 aromatic carbocycles. The van der Waals surface area contributed by atoms with Crippen LogP contribution in [0.5, 0.6) is 0 Å². The van der Waals surface area contributed by atoms with Gasteiger partial charge in [0, 0.05) is 17.8 Å². The fourth-order valence-electron chi connectivity index (χ4n) is 1.29. The van der Waals surface area contributed by atoms with Crippen LogP contribution in [0.4, 0.5) is 0 Å². The van der Waals surface area contributed by atoms with E-state index in [0.29, 0.717) is 17.3 Å². The lowest BCUT2D eigenvalue weighted by Gasteiger charge is -2.03. The molecule has 0 spiro atoms. The average molecular weight is 201 g/mol. The molecular formula is C11H11N3O. The normalized spacial score (nSPS) is 14.3. The van der Waals surface area contributed by atoms with E-state index in [1.54, 1.807) is 18.3 Å². The van der Waals surface area contributed by atoms with E-state index >= 15 is 0 Å². The molecule has 0 atom stereocenters. The van der Waals surface area contributed by atoms with E-state index in [4.69, 9.17) is 5.26 Å². The number of aromatic nitrogens is 1. The molecule has 1 amide bonds. The van der Waals surface area contributed by atoms with Crippen molar-refractivity contribution < 1.29 is 4.79 Å². The summed E-state index contributed by atoms with van der Waals surface area (Å²) in [7, 11) is 0. The summed E-state index contributed by atoms with van der Waals surface area (Å²) in [5.41, 5.74) is 1.23. The molecule has 15 heavy (non-hydrogen) atoms. The van der Waals surface area contributed by atoms with E-state index in [1.807, 2.05) is 6.07 Å². The second-order valence-corrected chi connectivity index (χ2v) is 3.62. The van der Waals surface area contributed by atoms with Crippen molar-refractivity contribution in [1.29, 1.82) is 5.26 Å². The molecule has 1 heterocycles. The lowest BCUT2D eigenvalue weighted by molar-refractivity contribution is 0.0951. The third-order valence-electron chi connectivity index (χ3n) is 2.25. The Kier molecular flexibility index (Phi) is 2.64. The molecule has 0 bridgehead atoms. The number of amides is 1. The lowest BCUT2D eigenvalue weighted by atomic mass is 10.2. The predicted octanol–water partition coefficient (Wildman–Crippen LogP) is 1.04. The Morgan fingerprint density at radius 1 is 1.67 bits per heavy atom. The highest BCUT2D eigenvalue weighted by molar-refractivity contribution is 5.94. The van der Waals surface area contributed by atoms with Crippen LogP contribution in [0.2, 0.25) is 0 Å². The monoisotopic (exact) mass is 201 g/mol. The fourth-order valence-corrected chi connectivity index (χ4v) is 1.29. The van der Waals surface area contributed by atoms with E-state index in [9.17, 15) is 4.79 Å². The minimum absolute atomic E-state index is 0.0703. The van der Waals surface area contributed by atoms with Crippen LogP contribution in [0.3, 0.4) is 0 Å². The average Bonchev–Trinajstić information content (AvgIpc) is 3.03. The number of pyridine rings is 1. The molecule has 0 unspecified atom stereocenters. The molecule has 4 heteroatoms. The molecule has 1 fully saturated rings. The fraction of sp³-hybridized carbons (Fsp3) is 0.364. The van der Waals surface area contributed by atoms with Crippen molar-refractivity contribution in [2.24, 2.45) is 0 Å². The molecule has 1 aliphatic rings. The number of hydrogen-bond acceptors (Lipinski definition) is 3. The molecule has 0 radical (unpaired) electrons. The Balaban J connectivity index is 2.09. The van der Waals surface area contributed by atoms with Crippen molar-refractivity contribution in [3.63, 3.8) is 0 Å². The molecule has 1 aliphatic carbocycles. The highest BCUT2D eigenvalue weighted by Crippen LogP contribution is 2.19. The van der Waals surface area contributed by atoms with Gasteiger partial charge in [0.15, 0.2) is 0 Å². The summed E-state index contributed by atoms with van der Waals surface area (Å²) in [6.07, 6.45) is 3.95. The first-order valence-electron chi connectivity index (χ1n) is 4.92. The first kappa shape index (κ1) is 9.66. The van der Waals surface area contributed by atoms with Gasteiger partial charge < -0.3 is 5.32 Å². The zero-order valence-corrected chi connectivity index (χ0v) is 8.23. The van der Waals surface area contributed by atoms with Crippen LogP contribution in [0, 0.1) is 11.3 Å². The zero-order chi connectivity index (χ0) is 10.7. The summed E-state index contributed by atoms with van der Waals surface area (Å²) in [6.45, 7) is 0. The second-order valence-electron chi connectivity index (χ2n) is 3.62. The number of rotatable bonds is 3. The predicted molar refractivity (Wildman–Crippen MR) is 54.0 cm³/mol. The first-order chi connectivity index (χ1) is 7.29. The van der Waals surface area contributed by atoms with Crippen molar-refractivity contribution in [2.45, 2.75) is 25.3 Å². The maximum atomic E-state index is 11.6. The van der Waals surface area contributed by atoms with E-state index in [-0.39, 0.29) is 12.3 Å².